The predicted octanol–water partition coefficient (Wildman–Crippen LogP) is 4.68. The standard InChI is InChI=1S/C32H44N2O6S.C2H4O2/c35-25-29-22-28(16-17-31(29)36)32(37)24-33-18-7-1-2-8-19-40-20-9-6-11-26-14-10-15-30(21-26)41(38,39)34-23-27-12-4-3-5-13-27;1-2(3)4/h3-5,10,12-17,21-22,32-37H,1-2,6-9,11,18-20,23-25H2;1H3,(H,3,4)/t32-;/m0./s1. The van der Waals surface area contributed by atoms with Gasteiger partial charge in [-0.3, -0.25) is 4.79 Å². The van der Waals surface area contributed by atoms with Crippen molar-refractivity contribution < 1.29 is 38.4 Å². The average Bonchev–Trinajstić information content (AvgIpc) is 3.03. The van der Waals surface area contributed by atoms with Crippen LogP contribution in [-0.4, -0.2) is 61.1 Å². The van der Waals surface area contributed by atoms with Crippen LogP contribution in [0.5, 0.6) is 5.75 Å². The Morgan fingerprint density at radius 2 is 1.53 bits per heavy atom. The number of nitrogens with one attached hydrogen (secondary N) is 2. The van der Waals surface area contributed by atoms with Crippen molar-refractivity contribution in [1.29, 1.82) is 0 Å². The molecule has 0 aliphatic heterocycles. The topological polar surface area (TPSA) is 165 Å². The Balaban J connectivity index is 0.00000166. The first-order chi connectivity index (χ1) is 21.6. The van der Waals surface area contributed by atoms with Gasteiger partial charge in [0.15, 0.2) is 0 Å². The largest absolute Gasteiger partial charge is 0.508 e. The molecule has 11 heteroatoms. The van der Waals surface area contributed by atoms with Gasteiger partial charge in [0.1, 0.15) is 5.75 Å². The summed E-state index contributed by atoms with van der Waals surface area (Å²) >= 11 is 0. The fourth-order valence-corrected chi connectivity index (χ4v) is 5.55. The third-order valence-corrected chi connectivity index (χ3v) is 8.31. The van der Waals surface area contributed by atoms with Crippen LogP contribution in [0.2, 0.25) is 0 Å². The predicted molar refractivity (Wildman–Crippen MR) is 174 cm³/mol. The molecule has 0 bridgehead atoms. The quantitative estimate of drug-likeness (QED) is 0.0959. The molecule has 0 amide bonds. The number of unbranched alkanes of at least 4 members (excludes halogenated alkanes) is 4. The van der Waals surface area contributed by atoms with E-state index in [2.05, 4.69) is 10.0 Å². The van der Waals surface area contributed by atoms with Crippen molar-refractivity contribution in [3.63, 3.8) is 0 Å². The number of aryl methyl sites for hydroxylation is 1. The van der Waals surface area contributed by atoms with E-state index in [9.17, 15) is 23.7 Å². The van der Waals surface area contributed by atoms with Crippen LogP contribution in [0.3, 0.4) is 0 Å². The highest BCUT2D eigenvalue weighted by Crippen LogP contribution is 2.22. The molecule has 0 radical (unpaired) electrons. The molecule has 1 atom stereocenters. The van der Waals surface area contributed by atoms with Crippen LogP contribution in [0.4, 0.5) is 0 Å². The monoisotopic (exact) mass is 644 g/mol. The van der Waals surface area contributed by atoms with Gasteiger partial charge in [0, 0.05) is 38.8 Å². The Morgan fingerprint density at radius 1 is 0.867 bits per heavy atom. The van der Waals surface area contributed by atoms with Crippen molar-refractivity contribution in [2.45, 2.75) is 76.0 Å². The molecule has 3 aromatic carbocycles. The number of aliphatic carboxylic acids is 1. The highest BCUT2D eigenvalue weighted by Gasteiger charge is 2.14. The van der Waals surface area contributed by atoms with Gasteiger partial charge in [-0.1, -0.05) is 61.4 Å². The van der Waals surface area contributed by atoms with E-state index in [4.69, 9.17) is 14.6 Å². The second kappa shape index (κ2) is 21.4. The summed E-state index contributed by atoms with van der Waals surface area (Å²) in [6.07, 6.45) is 6.18. The summed E-state index contributed by atoms with van der Waals surface area (Å²) in [5.74, 6) is -0.801. The lowest BCUT2D eigenvalue weighted by atomic mass is 10.1. The summed E-state index contributed by atoms with van der Waals surface area (Å²) in [6.45, 7) is 3.76. The highest BCUT2D eigenvalue weighted by atomic mass is 32.2. The average molecular weight is 645 g/mol. The van der Waals surface area contributed by atoms with Gasteiger partial charge in [0.25, 0.3) is 5.97 Å². The Labute approximate surface area is 267 Å². The van der Waals surface area contributed by atoms with Crippen LogP contribution in [0.1, 0.15) is 73.8 Å². The molecule has 3 aromatic rings. The third kappa shape index (κ3) is 16.0. The van der Waals surface area contributed by atoms with E-state index in [1.807, 2.05) is 36.4 Å². The van der Waals surface area contributed by atoms with Gasteiger partial charge in [-0.05, 0) is 79.6 Å². The van der Waals surface area contributed by atoms with Gasteiger partial charge < -0.3 is 30.5 Å². The molecule has 0 unspecified atom stereocenters. The van der Waals surface area contributed by atoms with Crippen LogP contribution in [0.25, 0.3) is 0 Å². The zero-order valence-electron chi connectivity index (χ0n) is 26.0. The Kier molecular flexibility index (Phi) is 18.0. The van der Waals surface area contributed by atoms with Crippen molar-refractivity contribution in [1.82, 2.24) is 10.0 Å². The molecule has 0 fully saturated rings. The van der Waals surface area contributed by atoms with Crippen LogP contribution in [-0.2, 0) is 39.1 Å². The van der Waals surface area contributed by atoms with Crippen molar-refractivity contribution in [2.24, 2.45) is 0 Å². The minimum Gasteiger partial charge on any atom is -0.508 e. The Bertz CT molecular complexity index is 1370. The number of hydrogen-bond donors (Lipinski definition) is 6. The van der Waals surface area contributed by atoms with Crippen LogP contribution >= 0.6 is 0 Å². The van der Waals surface area contributed by atoms with E-state index in [-0.39, 0.29) is 18.9 Å². The molecule has 6 N–H and O–H groups in total. The van der Waals surface area contributed by atoms with E-state index < -0.39 is 22.1 Å². The highest BCUT2D eigenvalue weighted by molar-refractivity contribution is 7.89. The molecule has 0 aromatic heterocycles. The summed E-state index contributed by atoms with van der Waals surface area (Å²) in [6, 6.07) is 21.4. The number of hydrogen-bond acceptors (Lipinski definition) is 8. The van der Waals surface area contributed by atoms with Gasteiger partial charge in [-0.25, -0.2) is 13.1 Å². The zero-order valence-corrected chi connectivity index (χ0v) is 26.8. The minimum atomic E-state index is -3.56. The maximum atomic E-state index is 12.7. The number of carboxylic acid groups (broad SMARTS) is 1. The van der Waals surface area contributed by atoms with Crippen LogP contribution in [0.15, 0.2) is 77.7 Å². The molecular formula is C34H48N2O8S. The smallest absolute Gasteiger partial charge is 0.300 e. The molecule has 0 spiro atoms. The number of aromatic hydroxyl groups is 1. The Hall–Kier alpha value is -3.32. The molecule has 0 aliphatic rings. The molecule has 45 heavy (non-hydrogen) atoms. The molecule has 0 heterocycles. The van der Waals surface area contributed by atoms with Gasteiger partial charge in [-0.2, -0.15) is 0 Å². The maximum absolute atomic E-state index is 12.7. The van der Waals surface area contributed by atoms with E-state index in [1.54, 1.807) is 30.3 Å². The molecule has 0 aliphatic carbocycles. The van der Waals surface area contributed by atoms with Crippen molar-refractivity contribution in [3.8, 4) is 5.75 Å². The number of phenols is 1. The van der Waals surface area contributed by atoms with E-state index in [0.717, 1.165) is 76.1 Å². The minimum absolute atomic E-state index is 0.0318. The number of aliphatic hydroxyl groups is 2. The molecule has 10 nitrogen and oxygen atoms in total. The number of aliphatic hydroxyl groups excluding tert-OH is 2. The summed E-state index contributed by atoms with van der Waals surface area (Å²) in [4.78, 5) is 9.29. The first-order valence-corrected chi connectivity index (χ1v) is 16.8. The maximum Gasteiger partial charge on any atom is 0.300 e. The van der Waals surface area contributed by atoms with E-state index >= 15 is 0 Å². The van der Waals surface area contributed by atoms with Crippen molar-refractivity contribution in [3.05, 3.63) is 95.1 Å². The lowest BCUT2D eigenvalue weighted by molar-refractivity contribution is -0.134. The van der Waals surface area contributed by atoms with E-state index in [1.165, 1.54) is 6.07 Å². The molecular weight excluding hydrogens is 596 g/mol. The summed E-state index contributed by atoms with van der Waals surface area (Å²) in [5.41, 5.74) is 3.01. The second-order valence-electron chi connectivity index (χ2n) is 10.7. The zero-order chi connectivity index (χ0) is 32.9. The van der Waals surface area contributed by atoms with Crippen LogP contribution < -0.4 is 10.0 Å². The number of sulfonamides is 1. The van der Waals surface area contributed by atoms with Gasteiger partial charge in [0.05, 0.1) is 17.6 Å². The first-order valence-electron chi connectivity index (χ1n) is 15.3. The first kappa shape index (κ1) is 37.9. The SMILES string of the molecule is CC(=O)O.O=S(=O)(NCc1ccccc1)c1cccc(CCCCOCCCCCCNC[C@H](O)c2ccc(O)c(CO)c2)c1. The Morgan fingerprint density at radius 3 is 2.24 bits per heavy atom. The normalized spacial score (nSPS) is 11.9. The number of rotatable bonds is 20. The van der Waals surface area contributed by atoms with Crippen molar-refractivity contribution in [2.75, 3.05) is 26.3 Å². The third-order valence-electron chi connectivity index (χ3n) is 6.91. The summed E-state index contributed by atoms with van der Waals surface area (Å²) in [5, 5.41) is 39.8. The lowest BCUT2D eigenvalue weighted by Crippen LogP contribution is -2.23. The number of carbonyl (C=O) groups is 1. The van der Waals surface area contributed by atoms with E-state index in [0.29, 0.717) is 29.2 Å². The molecule has 3 rings (SSSR count). The fourth-order valence-electron chi connectivity index (χ4n) is 4.46. The number of benzene rings is 3. The summed E-state index contributed by atoms with van der Waals surface area (Å²) < 4.78 is 33.8. The number of carboxylic acids is 1. The lowest BCUT2D eigenvalue weighted by Gasteiger charge is -2.14. The molecule has 248 valence electrons. The van der Waals surface area contributed by atoms with Crippen molar-refractivity contribution >= 4 is 16.0 Å². The second-order valence-corrected chi connectivity index (χ2v) is 12.5. The number of ether oxygens (including phenoxy) is 1. The van der Waals surface area contributed by atoms with Crippen LogP contribution in [0, 0.1) is 0 Å². The van der Waals surface area contributed by atoms with Gasteiger partial charge in [0.2, 0.25) is 10.0 Å². The van der Waals surface area contributed by atoms with Gasteiger partial charge >= 0.3 is 0 Å². The molecule has 0 saturated carbocycles. The summed E-state index contributed by atoms with van der Waals surface area (Å²) in [7, 11) is -3.56. The van der Waals surface area contributed by atoms with Gasteiger partial charge in [-0.15, -0.1) is 0 Å². The molecule has 0 saturated heterocycles. The fraction of sp³-hybridized carbons (Fsp3) is 0.441.